The molecular weight excluding hydrogens is 208 g/mol. The van der Waals surface area contributed by atoms with Crippen molar-refractivity contribution in [3.8, 4) is 0 Å². The van der Waals surface area contributed by atoms with Crippen molar-refractivity contribution in [1.29, 1.82) is 0 Å². The molecule has 0 amide bonds. The van der Waals surface area contributed by atoms with Crippen molar-refractivity contribution >= 4 is 0 Å². The van der Waals surface area contributed by atoms with E-state index in [-0.39, 0.29) is 0 Å². The Morgan fingerprint density at radius 3 is 2.41 bits per heavy atom. The fourth-order valence-electron chi connectivity index (χ4n) is 2.68. The van der Waals surface area contributed by atoms with Gasteiger partial charge in [-0.1, -0.05) is 13.8 Å². The third-order valence-corrected chi connectivity index (χ3v) is 4.79. The lowest BCUT2D eigenvalue weighted by Gasteiger charge is -2.20. The minimum atomic E-state index is 0.609. The zero-order valence-corrected chi connectivity index (χ0v) is 11.9. The first-order valence-electron chi connectivity index (χ1n) is 6.79. The summed E-state index contributed by atoms with van der Waals surface area (Å²) in [5.41, 5.74) is 4.80. The molecule has 2 heteroatoms. The molecule has 1 saturated carbocycles. The van der Waals surface area contributed by atoms with E-state index in [1.807, 2.05) is 0 Å². The van der Waals surface area contributed by atoms with Crippen molar-refractivity contribution in [2.75, 3.05) is 6.54 Å². The molecule has 0 saturated heterocycles. The summed E-state index contributed by atoms with van der Waals surface area (Å²) in [5.74, 6) is 0.814. The van der Waals surface area contributed by atoms with E-state index in [0.717, 1.165) is 12.5 Å². The Morgan fingerprint density at radius 2 is 2.00 bits per heavy atom. The summed E-state index contributed by atoms with van der Waals surface area (Å²) in [6.45, 7) is 11.3. The van der Waals surface area contributed by atoms with Crippen molar-refractivity contribution in [1.82, 2.24) is 9.88 Å². The Morgan fingerprint density at radius 1 is 1.35 bits per heavy atom. The Bertz CT molecular complexity index is 397. The highest BCUT2D eigenvalue weighted by atomic mass is 15.0. The van der Waals surface area contributed by atoms with Gasteiger partial charge in [0.05, 0.1) is 0 Å². The van der Waals surface area contributed by atoms with Gasteiger partial charge < -0.3 is 9.88 Å². The smallest absolute Gasteiger partial charge is 0.0223 e. The summed E-state index contributed by atoms with van der Waals surface area (Å²) < 4.78 is 2.27. The largest absolute Gasteiger partial charge is 0.352 e. The lowest BCUT2D eigenvalue weighted by Crippen LogP contribution is -2.27. The van der Waals surface area contributed by atoms with Gasteiger partial charge in [0.2, 0.25) is 0 Å². The van der Waals surface area contributed by atoms with Gasteiger partial charge in [-0.15, -0.1) is 0 Å². The predicted octanol–water partition coefficient (Wildman–Crippen LogP) is 3.17. The SMILES string of the molecule is Cc1cc(CNCC2(C(C)C)CC2)c(C)n1C. The molecule has 0 bridgehead atoms. The van der Waals surface area contributed by atoms with E-state index in [9.17, 15) is 0 Å². The van der Waals surface area contributed by atoms with Crippen LogP contribution in [0.2, 0.25) is 0 Å². The number of aryl methyl sites for hydroxylation is 1. The summed E-state index contributed by atoms with van der Waals surface area (Å²) in [6, 6.07) is 2.30. The van der Waals surface area contributed by atoms with Crippen LogP contribution in [0.4, 0.5) is 0 Å². The molecule has 1 aliphatic carbocycles. The Hall–Kier alpha value is -0.760. The third-order valence-electron chi connectivity index (χ3n) is 4.79. The van der Waals surface area contributed by atoms with E-state index in [1.165, 1.54) is 36.3 Å². The van der Waals surface area contributed by atoms with Crippen molar-refractivity contribution in [2.45, 2.75) is 47.1 Å². The molecule has 0 spiro atoms. The molecule has 1 aliphatic rings. The normalized spacial score (nSPS) is 17.8. The van der Waals surface area contributed by atoms with Crippen molar-refractivity contribution in [3.63, 3.8) is 0 Å². The molecule has 1 aromatic heterocycles. The number of rotatable bonds is 5. The maximum Gasteiger partial charge on any atom is 0.0223 e. The summed E-state index contributed by atoms with van der Waals surface area (Å²) in [4.78, 5) is 0. The fraction of sp³-hybridized carbons (Fsp3) is 0.733. The molecule has 0 aliphatic heterocycles. The van der Waals surface area contributed by atoms with Crippen LogP contribution in [0.25, 0.3) is 0 Å². The van der Waals surface area contributed by atoms with Crippen LogP contribution < -0.4 is 5.32 Å². The maximum atomic E-state index is 3.65. The summed E-state index contributed by atoms with van der Waals surface area (Å²) >= 11 is 0. The number of aromatic nitrogens is 1. The highest BCUT2D eigenvalue weighted by Gasteiger charge is 2.44. The quantitative estimate of drug-likeness (QED) is 0.828. The summed E-state index contributed by atoms with van der Waals surface area (Å²) in [6.07, 6.45) is 2.81. The topological polar surface area (TPSA) is 17.0 Å². The fourth-order valence-corrected chi connectivity index (χ4v) is 2.68. The van der Waals surface area contributed by atoms with Gasteiger partial charge in [-0.25, -0.2) is 0 Å². The number of nitrogens with zero attached hydrogens (tertiary/aromatic N) is 1. The second kappa shape index (κ2) is 4.49. The standard InChI is InChI=1S/C15H26N2/c1-11(2)15(6-7-15)10-16-9-14-8-12(3)17(5)13(14)4/h8,11,16H,6-7,9-10H2,1-5H3. The van der Waals surface area contributed by atoms with E-state index in [0.29, 0.717) is 5.41 Å². The van der Waals surface area contributed by atoms with Gasteiger partial charge in [0.1, 0.15) is 0 Å². The molecular formula is C15H26N2. The Labute approximate surface area is 105 Å². The molecule has 0 radical (unpaired) electrons. The van der Waals surface area contributed by atoms with Crippen molar-refractivity contribution in [2.24, 2.45) is 18.4 Å². The molecule has 1 fully saturated rings. The lowest BCUT2D eigenvalue weighted by molar-refractivity contribution is 0.337. The van der Waals surface area contributed by atoms with Gasteiger partial charge in [0.15, 0.2) is 0 Å². The van der Waals surface area contributed by atoms with Crippen LogP contribution in [0.15, 0.2) is 6.07 Å². The van der Waals surface area contributed by atoms with Crippen LogP contribution in [-0.2, 0) is 13.6 Å². The molecule has 1 heterocycles. The third kappa shape index (κ3) is 2.42. The van der Waals surface area contributed by atoms with Gasteiger partial charge in [-0.05, 0) is 49.7 Å². The Kier molecular flexibility index (Phi) is 3.35. The van der Waals surface area contributed by atoms with Crippen LogP contribution in [0.1, 0.15) is 43.6 Å². The zero-order valence-electron chi connectivity index (χ0n) is 11.9. The molecule has 17 heavy (non-hydrogen) atoms. The van der Waals surface area contributed by atoms with Gasteiger partial charge >= 0.3 is 0 Å². The van der Waals surface area contributed by atoms with E-state index >= 15 is 0 Å². The van der Waals surface area contributed by atoms with Crippen LogP contribution in [0.3, 0.4) is 0 Å². The monoisotopic (exact) mass is 234 g/mol. The molecule has 1 N–H and O–H groups in total. The molecule has 0 aromatic carbocycles. The molecule has 96 valence electrons. The summed E-state index contributed by atoms with van der Waals surface area (Å²) in [7, 11) is 2.14. The van der Waals surface area contributed by atoms with E-state index in [2.05, 4.69) is 50.7 Å². The zero-order chi connectivity index (χ0) is 12.6. The minimum absolute atomic E-state index is 0.609. The maximum absolute atomic E-state index is 3.65. The summed E-state index contributed by atoms with van der Waals surface area (Å²) in [5, 5.41) is 3.65. The Balaban J connectivity index is 1.88. The van der Waals surface area contributed by atoms with Crippen LogP contribution >= 0.6 is 0 Å². The highest BCUT2D eigenvalue weighted by molar-refractivity contribution is 5.26. The minimum Gasteiger partial charge on any atom is -0.352 e. The van der Waals surface area contributed by atoms with Crippen LogP contribution in [0, 0.1) is 25.2 Å². The van der Waals surface area contributed by atoms with Gasteiger partial charge in [0.25, 0.3) is 0 Å². The highest BCUT2D eigenvalue weighted by Crippen LogP contribution is 2.51. The first-order chi connectivity index (χ1) is 7.96. The molecule has 2 nitrogen and oxygen atoms in total. The van der Waals surface area contributed by atoms with Crippen molar-refractivity contribution < 1.29 is 0 Å². The molecule has 2 rings (SSSR count). The molecule has 0 atom stereocenters. The average molecular weight is 234 g/mol. The molecule has 0 unspecified atom stereocenters. The lowest BCUT2D eigenvalue weighted by atomic mass is 9.92. The van der Waals surface area contributed by atoms with Crippen LogP contribution in [-0.4, -0.2) is 11.1 Å². The van der Waals surface area contributed by atoms with Crippen molar-refractivity contribution in [3.05, 3.63) is 23.0 Å². The van der Waals surface area contributed by atoms with E-state index in [1.54, 1.807) is 0 Å². The van der Waals surface area contributed by atoms with Gasteiger partial charge in [0, 0.05) is 31.5 Å². The number of nitrogens with one attached hydrogen (secondary N) is 1. The van der Waals surface area contributed by atoms with Gasteiger partial charge in [-0.2, -0.15) is 0 Å². The number of hydrogen-bond acceptors (Lipinski definition) is 1. The number of hydrogen-bond donors (Lipinski definition) is 1. The second-order valence-electron chi connectivity index (χ2n) is 6.08. The van der Waals surface area contributed by atoms with E-state index in [4.69, 9.17) is 0 Å². The average Bonchev–Trinajstić information content (AvgIpc) is 3.02. The van der Waals surface area contributed by atoms with Crippen LogP contribution in [0.5, 0.6) is 0 Å². The predicted molar refractivity (Wildman–Crippen MR) is 73.1 cm³/mol. The first kappa shape index (κ1) is 12.7. The molecule has 1 aromatic rings. The van der Waals surface area contributed by atoms with Gasteiger partial charge in [-0.3, -0.25) is 0 Å². The first-order valence-corrected chi connectivity index (χ1v) is 6.79. The van der Waals surface area contributed by atoms with E-state index < -0.39 is 0 Å². The second-order valence-corrected chi connectivity index (χ2v) is 6.08.